The van der Waals surface area contributed by atoms with Crippen LogP contribution >= 0.6 is 12.4 Å². The van der Waals surface area contributed by atoms with Crippen LogP contribution in [0.3, 0.4) is 0 Å². The van der Waals surface area contributed by atoms with Crippen molar-refractivity contribution in [1.29, 1.82) is 0 Å². The standard InChI is InChI=1S/C17H22N4O3.ClH/c1-24-15-4-2-12(3-5-15)10-21-11-14(8-20-21)17(23)19-7-13-6-18-9-16(13)22;/h2-5,8,11,13,16,18,22H,6-7,9-10H2,1H3,(H,19,23);1H. The summed E-state index contributed by atoms with van der Waals surface area (Å²) in [5.74, 6) is 0.696. The first-order valence-corrected chi connectivity index (χ1v) is 7.98. The molecule has 0 bridgehead atoms. The molecule has 1 aromatic carbocycles. The van der Waals surface area contributed by atoms with Gasteiger partial charge in [0.25, 0.3) is 5.91 Å². The van der Waals surface area contributed by atoms with Gasteiger partial charge in [0.15, 0.2) is 0 Å². The lowest BCUT2D eigenvalue weighted by Gasteiger charge is -2.13. The van der Waals surface area contributed by atoms with Gasteiger partial charge in [0.1, 0.15) is 5.75 Å². The number of ether oxygens (including phenoxy) is 1. The summed E-state index contributed by atoms with van der Waals surface area (Å²) in [6.07, 6.45) is 2.88. The van der Waals surface area contributed by atoms with E-state index in [1.807, 2.05) is 24.3 Å². The highest BCUT2D eigenvalue weighted by Gasteiger charge is 2.25. The van der Waals surface area contributed by atoms with Crippen LogP contribution in [-0.4, -0.2) is 53.6 Å². The number of carbonyl (C=O) groups excluding carboxylic acids is 1. The van der Waals surface area contributed by atoms with Crippen LogP contribution in [0.4, 0.5) is 0 Å². The Morgan fingerprint density at radius 2 is 2.16 bits per heavy atom. The third kappa shape index (κ3) is 4.94. The topological polar surface area (TPSA) is 88.4 Å². The van der Waals surface area contributed by atoms with E-state index in [1.165, 1.54) is 0 Å². The van der Waals surface area contributed by atoms with Crippen molar-refractivity contribution in [3.05, 3.63) is 47.8 Å². The minimum Gasteiger partial charge on any atom is -0.497 e. The molecule has 1 fully saturated rings. The molecule has 0 saturated carbocycles. The van der Waals surface area contributed by atoms with Crippen molar-refractivity contribution in [1.82, 2.24) is 20.4 Å². The van der Waals surface area contributed by atoms with Gasteiger partial charge in [-0.05, 0) is 17.7 Å². The number of hydrogen-bond donors (Lipinski definition) is 3. The van der Waals surface area contributed by atoms with Gasteiger partial charge in [-0.25, -0.2) is 0 Å². The van der Waals surface area contributed by atoms with Crippen molar-refractivity contribution in [3.63, 3.8) is 0 Å². The zero-order valence-corrected chi connectivity index (χ0v) is 14.8. The molecule has 25 heavy (non-hydrogen) atoms. The summed E-state index contributed by atoms with van der Waals surface area (Å²) >= 11 is 0. The van der Waals surface area contributed by atoms with Gasteiger partial charge in [-0.1, -0.05) is 12.1 Å². The Hall–Kier alpha value is -2.09. The number of aliphatic hydroxyl groups is 1. The zero-order valence-electron chi connectivity index (χ0n) is 14.0. The molecule has 1 saturated heterocycles. The lowest BCUT2D eigenvalue weighted by Crippen LogP contribution is -2.34. The van der Waals surface area contributed by atoms with Crippen LogP contribution in [0.1, 0.15) is 15.9 Å². The third-order valence-corrected chi connectivity index (χ3v) is 4.23. The van der Waals surface area contributed by atoms with E-state index in [9.17, 15) is 9.90 Å². The largest absolute Gasteiger partial charge is 0.497 e. The number of carbonyl (C=O) groups is 1. The predicted octanol–water partition coefficient (Wildman–Crippen LogP) is 0.672. The molecule has 7 nitrogen and oxygen atoms in total. The second kappa shape index (κ2) is 8.84. The van der Waals surface area contributed by atoms with Crippen molar-refractivity contribution < 1.29 is 14.6 Å². The van der Waals surface area contributed by atoms with Gasteiger partial charge < -0.3 is 20.5 Å². The summed E-state index contributed by atoms with van der Waals surface area (Å²) < 4.78 is 6.86. The van der Waals surface area contributed by atoms with Crippen LogP contribution in [0.25, 0.3) is 0 Å². The van der Waals surface area contributed by atoms with Crippen LogP contribution in [0.2, 0.25) is 0 Å². The number of hydrogen-bond acceptors (Lipinski definition) is 5. The Labute approximate surface area is 152 Å². The zero-order chi connectivity index (χ0) is 16.9. The Balaban J connectivity index is 0.00000225. The SMILES string of the molecule is COc1ccc(Cn2cc(C(=O)NCC3CNCC3O)cn2)cc1.Cl. The fourth-order valence-electron chi connectivity index (χ4n) is 2.74. The molecule has 1 aromatic heterocycles. The van der Waals surface area contributed by atoms with Crippen molar-refractivity contribution >= 4 is 18.3 Å². The average molecular weight is 367 g/mol. The summed E-state index contributed by atoms with van der Waals surface area (Å²) in [5.41, 5.74) is 1.59. The average Bonchev–Trinajstić information content (AvgIpc) is 3.22. The molecule has 0 radical (unpaired) electrons. The van der Waals surface area contributed by atoms with Gasteiger partial charge >= 0.3 is 0 Å². The molecular weight excluding hydrogens is 344 g/mol. The molecule has 0 spiro atoms. The monoisotopic (exact) mass is 366 g/mol. The second-order valence-electron chi connectivity index (χ2n) is 5.97. The molecule has 136 valence electrons. The quantitative estimate of drug-likeness (QED) is 0.699. The summed E-state index contributed by atoms with van der Waals surface area (Å²) in [5, 5.41) is 19.9. The molecule has 1 aliphatic rings. The molecule has 3 N–H and O–H groups in total. The minimum absolute atomic E-state index is 0. The predicted molar refractivity (Wildman–Crippen MR) is 96.3 cm³/mol. The highest BCUT2D eigenvalue weighted by molar-refractivity contribution is 5.93. The van der Waals surface area contributed by atoms with Crippen LogP contribution in [0.5, 0.6) is 5.75 Å². The van der Waals surface area contributed by atoms with Gasteiger partial charge in [0.2, 0.25) is 0 Å². The number of aliphatic hydroxyl groups excluding tert-OH is 1. The van der Waals surface area contributed by atoms with Crippen LogP contribution in [0, 0.1) is 5.92 Å². The number of amides is 1. The summed E-state index contributed by atoms with van der Waals surface area (Å²) in [6, 6.07) is 7.73. The summed E-state index contributed by atoms with van der Waals surface area (Å²) in [7, 11) is 1.63. The number of methoxy groups -OCH3 is 1. The van der Waals surface area contributed by atoms with Gasteiger partial charge in [-0.2, -0.15) is 5.10 Å². The summed E-state index contributed by atoms with van der Waals surface area (Å²) in [4.78, 5) is 12.2. The maximum absolute atomic E-state index is 12.2. The fraction of sp³-hybridized carbons (Fsp3) is 0.412. The number of rotatable bonds is 6. The molecule has 1 aliphatic heterocycles. The lowest BCUT2D eigenvalue weighted by atomic mass is 10.1. The molecular formula is C17H23ClN4O3. The van der Waals surface area contributed by atoms with E-state index in [4.69, 9.17) is 4.74 Å². The first-order valence-electron chi connectivity index (χ1n) is 7.98. The van der Waals surface area contributed by atoms with Gasteiger partial charge in [0.05, 0.1) is 31.5 Å². The van der Waals surface area contributed by atoms with Gasteiger partial charge in [-0.15, -0.1) is 12.4 Å². The van der Waals surface area contributed by atoms with E-state index >= 15 is 0 Å². The fourth-order valence-corrected chi connectivity index (χ4v) is 2.74. The number of nitrogens with one attached hydrogen (secondary N) is 2. The number of β-amino-alcohol motifs (C(OH)–C–C–N with tert-alkyl or cyclic N) is 1. The third-order valence-electron chi connectivity index (χ3n) is 4.23. The molecule has 2 unspecified atom stereocenters. The van der Waals surface area contributed by atoms with E-state index in [0.717, 1.165) is 17.9 Å². The highest BCUT2D eigenvalue weighted by Crippen LogP contribution is 2.12. The van der Waals surface area contributed by atoms with Crippen molar-refractivity contribution in [2.75, 3.05) is 26.7 Å². The van der Waals surface area contributed by atoms with Gasteiger partial charge in [0, 0.05) is 31.7 Å². The highest BCUT2D eigenvalue weighted by atomic mass is 35.5. The first kappa shape index (κ1) is 19.2. The van der Waals surface area contributed by atoms with E-state index < -0.39 is 6.10 Å². The molecule has 2 heterocycles. The number of benzene rings is 1. The molecule has 1 amide bonds. The van der Waals surface area contributed by atoms with Gasteiger partial charge in [-0.3, -0.25) is 9.48 Å². The van der Waals surface area contributed by atoms with E-state index in [-0.39, 0.29) is 24.2 Å². The molecule has 2 aromatic rings. The van der Waals surface area contributed by atoms with Crippen molar-refractivity contribution in [3.8, 4) is 5.75 Å². The first-order chi connectivity index (χ1) is 11.7. The maximum atomic E-state index is 12.2. The second-order valence-corrected chi connectivity index (χ2v) is 5.97. The maximum Gasteiger partial charge on any atom is 0.254 e. The number of halogens is 1. The Morgan fingerprint density at radius 3 is 2.80 bits per heavy atom. The Kier molecular flexibility index (Phi) is 6.81. The normalized spacial score (nSPS) is 19.3. The van der Waals surface area contributed by atoms with Crippen molar-refractivity contribution in [2.45, 2.75) is 12.6 Å². The van der Waals surface area contributed by atoms with Crippen LogP contribution in [0.15, 0.2) is 36.7 Å². The van der Waals surface area contributed by atoms with Crippen molar-refractivity contribution in [2.24, 2.45) is 5.92 Å². The molecule has 2 atom stereocenters. The van der Waals surface area contributed by atoms with E-state index in [0.29, 0.717) is 25.2 Å². The smallest absolute Gasteiger partial charge is 0.254 e. The molecule has 3 rings (SSSR count). The molecule has 0 aliphatic carbocycles. The van der Waals surface area contributed by atoms with Crippen LogP contribution in [-0.2, 0) is 6.54 Å². The minimum atomic E-state index is -0.400. The number of nitrogens with zero attached hydrogens (tertiary/aromatic N) is 2. The lowest BCUT2D eigenvalue weighted by molar-refractivity contribution is 0.0927. The van der Waals surface area contributed by atoms with E-state index in [2.05, 4.69) is 15.7 Å². The van der Waals surface area contributed by atoms with E-state index in [1.54, 1.807) is 24.2 Å². The number of aromatic nitrogens is 2. The Morgan fingerprint density at radius 1 is 1.40 bits per heavy atom. The molecule has 8 heteroatoms. The summed E-state index contributed by atoms with van der Waals surface area (Å²) in [6.45, 7) is 2.34. The van der Waals surface area contributed by atoms with Crippen LogP contribution < -0.4 is 15.4 Å². The Bertz CT molecular complexity index is 689.